The summed E-state index contributed by atoms with van der Waals surface area (Å²) in [6.45, 7) is 11.6. The van der Waals surface area contributed by atoms with E-state index in [2.05, 4.69) is 53.7 Å². The van der Waals surface area contributed by atoms with Crippen LogP contribution < -0.4 is 5.32 Å². The summed E-state index contributed by atoms with van der Waals surface area (Å²) in [7, 11) is 0. The van der Waals surface area contributed by atoms with E-state index in [1.165, 1.54) is 0 Å². The number of thiazole rings is 2. The van der Waals surface area contributed by atoms with Crippen molar-refractivity contribution < 1.29 is 0 Å². The van der Waals surface area contributed by atoms with Gasteiger partial charge in [-0.15, -0.1) is 22.7 Å². The number of hydrogen-bond acceptors (Lipinski definition) is 6. The molecule has 0 fully saturated rings. The molecule has 0 spiro atoms. The van der Waals surface area contributed by atoms with E-state index in [0.29, 0.717) is 6.04 Å². The maximum absolute atomic E-state index is 4.70. The molecule has 2 aromatic heterocycles. The van der Waals surface area contributed by atoms with E-state index in [4.69, 9.17) is 4.98 Å². The fourth-order valence-corrected chi connectivity index (χ4v) is 3.53. The smallest absolute Gasteiger partial charge is 0.183 e. The lowest BCUT2D eigenvalue weighted by molar-refractivity contribution is 0.295. The summed E-state index contributed by atoms with van der Waals surface area (Å²) in [5.74, 6) is 0. The first-order valence-corrected chi connectivity index (χ1v) is 8.77. The largest absolute Gasteiger partial charge is 0.359 e. The van der Waals surface area contributed by atoms with Gasteiger partial charge in [-0.3, -0.25) is 4.90 Å². The third kappa shape index (κ3) is 4.01. The monoisotopic (exact) mass is 310 g/mol. The number of rotatable bonds is 7. The minimum atomic E-state index is 0.405. The highest BCUT2D eigenvalue weighted by atomic mass is 32.1. The molecule has 0 aliphatic heterocycles. The summed E-state index contributed by atoms with van der Waals surface area (Å²) in [5, 5.41) is 9.63. The molecule has 0 atom stereocenters. The molecule has 0 aliphatic rings. The van der Waals surface area contributed by atoms with Crippen LogP contribution in [0.25, 0.3) is 11.4 Å². The van der Waals surface area contributed by atoms with E-state index < -0.39 is 0 Å². The Morgan fingerprint density at radius 3 is 2.40 bits per heavy atom. The highest BCUT2D eigenvalue weighted by molar-refractivity contribution is 7.14. The zero-order valence-electron chi connectivity index (χ0n) is 12.5. The van der Waals surface area contributed by atoms with Gasteiger partial charge < -0.3 is 5.32 Å². The Morgan fingerprint density at radius 1 is 1.10 bits per heavy atom. The molecule has 0 bridgehead atoms. The summed E-state index contributed by atoms with van der Waals surface area (Å²) < 4.78 is 0. The van der Waals surface area contributed by atoms with Gasteiger partial charge in [0.1, 0.15) is 16.4 Å². The number of aromatic nitrogens is 2. The van der Waals surface area contributed by atoms with E-state index >= 15 is 0 Å². The second-order valence-electron chi connectivity index (χ2n) is 4.92. The molecule has 0 radical (unpaired) electrons. The molecule has 2 aromatic rings. The van der Waals surface area contributed by atoms with E-state index in [9.17, 15) is 0 Å². The van der Waals surface area contributed by atoms with Gasteiger partial charge in [0.15, 0.2) is 5.13 Å². The lowest BCUT2D eigenvalue weighted by Crippen LogP contribution is -2.21. The second kappa shape index (κ2) is 7.15. The van der Waals surface area contributed by atoms with Crippen LogP contribution in [0.15, 0.2) is 10.8 Å². The van der Waals surface area contributed by atoms with E-state index in [1.807, 2.05) is 0 Å². The maximum Gasteiger partial charge on any atom is 0.183 e. The van der Waals surface area contributed by atoms with E-state index in [-0.39, 0.29) is 0 Å². The van der Waals surface area contributed by atoms with Crippen LogP contribution in [-0.2, 0) is 6.54 Å². The topological polar surface area (TPSA) is 41.1 Å². The minimum Gasteiger partial charge on any atom is -0.359 e. The summed E-state index contributed by atoms with van der Waals surface area (Å²) >= 11 is 3.35. The van der Waals surface area contributed by atoms with Gasteiger partial charge in [-0.2, -0.15) is 0 Å². The molecule has 1 N–H and O–H groups in total. The third-order valence-electron chi connectivity index (χ3n) is 2.98. The van der Waals surface area contributed by atoms with Crippen molar-refractivity contribution in [3.8, 4) is 11.4 Å². The molecule has 4 nitrogen and oxygen atoms in total. The number of nitrogens with zero attached hydrogens (tertiary/aromatic N) is 3. The van der Waals surface area contributed by atoms with Crippen LogP contribution >= 0.6 is 22.7 Å². The quantitative estimate of drug-likeness (QED) is 0.841. The van der Waals surface area contributed by atoms with Crippen molar-refractivity contribution in [1.82, 2.24) is 14.9 Å². The lowest BCUT2D eigenvalue weighted by atomic mass is 10.4. The fraction of sp³-hybridized carbons (Fsp3) is 0.571. The number of anilines is 1. The average molecular weight is 310 g/mol. The van der Waals surface area contributed by atoms with Crippen molar-refractivity contribution in [2.24, 2.45) is 0 Å². The van der Waals surface area contributed by atoms with Gasteiger partial charge >= 0.3 is 0 Å². The molecule has 0 unspecified atom stereocenters. The van der Waals surface area contributed by atoms with Crippen molar-refractivity contribution in [1.29, 1.82) is 0 Å². The van der Waals surface area contributed by atoms with Crippen LogP contribution in [0.5, 0.6) is 0 Å². The SMILES string of the molecule is CCN(CC)Cc1nc(-c2csc(NC(C)C)n2)cs1. The first-order chi connectivity index (χ1) is 9.62. The molecule has 2 heterocycles. The van der Waals surface area contributed by atoms with Crippen LogP contribution in [0.2, 0.25) is 0 Å². The summed E-state index contributed by atoms with van der Waals surface area (Å²) in [5.41, 5.74) is 1.96. The highest BCUT2D eigenvalue weighted by Gasteiger charge is 2.11. The molecule has 0 saturated carbocycles. The molecule has 20 heavy (non-hydrogen) atoms. The van der Waals surface area contributed by atoms with Crippen molar-refractivity contribution in [2.75, 3.05) is 18.4 Å². The Bertz CT molecular complexity index is 529. The van der Waals surface area contributed by atoms with Crippen molar-refractivity contribution >= 4 is 27.8 Å². The fourth-order valence-electron chi connectivity index (χ4n) is 1.84. The standard InChI is InChI=1S/C14H22N4S2/c1-5-18(6-2)7-13-16-11(8-19-13)12-9-20-14(17-12)15-10(3)4/h8-10H,5-7H2,1-4H3,(H,15,17). The average Bonchev–Trinajstić information content (AvgIpc) is 3.04. The Balaban J connectivity index is 2.06. The van der Waals surface area contributed by atoms with Crippen LogP contribution in [0.1, 0.15) is 32.7 Å². The van der Waals surface area contributed by atoms with E-state index in [0.717, 1.165) is 41.2 Å². The van der Waals surface area contributed by atoms with Crippen LogP contribution in [-0.4, -0.2) is 34.0 Å². The third-order valence-corrected chi connectivity index (χ3v) is 4.59. The van der Waals surface area contributed by atoms with Crippen molar-refractivity contribution in [2.45, 2.75) is 40.3 Å². The molecular formula is C14H22N4S2. The van der Waals surface area contributed by atoms with Crippen LogP contribution in [0, 0.1) is 0 Å². The molecule has 0 aliphatic carbocycles. The number of nitrogens with one attached hydrogen (secondary N) is 1. The van der Waals surface area contributed by atoms with Gasteiger partial charge in [0.2, 0.25) is 0 Å². The Kier molecular flexibility index (Phi) is 5.51. The summed E-state index contributed by atoms with van der Waals surface area (Å²) in [6, 6.07) is 0.405. The lowest BCUT2D eigenvalue weighted by Gasteiger charge is -2.15. The van der Waals surface area contributed by atoms with Gasteiger partial charge in [-0.25, -0.2) is 9.97 Å². The first kappa shape index (κ1) is 15.4. The Morgan fingerprint density at radius 2 is 1.75 bits per heavy atom. The minimum absolute atomic E-state index is 0.405. The van der Waals surface area contributed by atoms with Crippen LogP contribution in [0.4, 0.5) is 5.13 Å². The first-order valence-electron chi connectivity index (χ1n) is 7.01. The molecule has 0 saturated heterocycles. The molecule has 6 heteroatoms. The summed E-state index contributed by atoms with van der Waals surface area (Å²) in [4.78, 5) is 11.7. The predicted octanol–water partition coefficient (Wildman–Crippen LogP) is 3.93. The second-order valence-corrected chi connectivity index (χ2v) is 6.73. The van der Waals surface area contributed by atoms with E-state index in [1.54, 1.807) is 22.7 Å². The van der Waals surface area contributed by atoms with Gasteiger partial charge in [-0.1, -0.05) is 13.8 Å². The molecule has 110 valence electrons. The summed E-state index contributed by atoms with van der Waals surface area (Å²) in [6.07, 6.45) is 0. The van der Waals surface area contributed by atoms with Crippen molar-refractivity contribution in [3.05, 3.63) is 15.8 Å². The zero-order chi connectivity index (χ0) is 14.5. The van der Waals surface area contributed by atoms with Gasteiger partial charge in [0.05, 0.1) is 6.54 Å². The number of hydrogen-bond donors (Lipinski definition) is 1. The molecule has 0 amide bonds. The van der Waals surface area contributed by atoms with Gasteiger partial charge in [-0.05, 0) is 26.9 Å². The predicted molar refractivity (Wildman–Crippen MR) is 88.6 cm³/mol. The molecule has 0 aromatic carbocycles. The highest BCUT2D eigenvalue weighted by Crippen LogP contribution is 2.26. The maximum atomic E-state index is 4.70. The van der Waals surface area contributed by atoms with Gasteiger partial charge in [0.25, 0.3) is 0 Å². The van der Waals surface area contributed by atoms with Crippen molar-refractivity contribution in [3.63, 3.8) is 0 Å². The molecule has 2 rings (SSSR count). The normalized spacial score (nSPS) is 11.5. The zero-order valence-corrected chi connectivity index (χ0v) is 14.1. The van der Waals surface area contributed by atoms with Gasteiger partial charge in [0, 0.05) is 16.8 Å². The Labute approximate surface area is 128 Å². The molecular weight excluding hydrogens is 288 g/mol. The Hall–Kier alpha value is -0.980. The van der Waals surface area contributed by atoms with Crippen LogP contribution in [0.3, 0.4) is 0 Å².